The number of fused-ring (bicyclic) bond motifs is 1. The van der Waals surface area contributed by atoms with Crippen LogP contribution in [-0.2, 0) is 4.79 Å². The van der Waals surface area contributed by atoms with Crippen LogP contribution in [0.15, 0.2) is 46.2 Å². The molecule has 7 nitrogen and oxygen atoms in total. The zero-order chi connectivity index (χ0) is 22.5. The van der Waals surface area contributed by atoms with Crippen molar-refractivity contribution >= 4 is 35.3 Å². The van der Waals surface area contributed by atoms with Crippen molar-refractivity contribution in [2.24, 2.45) is 0 Å². The number of anilines is 1. The summed E-state index contributed by atoms with van der Waals surface area (Å²) in [6.07, 6.45) is 1.83. The molecule has 0 aromatic heterocycles. The predicted molar refractivity (Wildman–Crippen MR) is 124 cm³/mol. The van der Waals surface area contributed by atoms with Gasteiger partial charge >= 0.3 is 0 Å². The minimum atomic E-state index is -0.151. The first kappa shape index (κ1) is 22.7. The summed E-state index contributed by atoms with van der Waals surface area (Å²) in [6, 6.07) is 10.9. The number of methoxy groups -OCH3 is 2. The van der Waals surface area contributed by atoms with E-state index in [1.54, 1.807) is 38.3 Å². The molecule has 1 aliphatic heterocycles. The topological polar surface area (TPSA) is 71.1 Å². The Morgan fingerprint density at radius 3 is 2.55 bits per heavy atom. The van der Waals surface area contributed by atoms with Crippen LogP contribution in [0.4, 0.5) is 5.69 Å². The monoisotopic (exact) mass is 441 g/mol. The number of ether oxygens (including phenoxy) is 2. The van der Waals surface area contributed by atoms with Crippen LogP contribution in [0, 0.1) is 0 Å². The van der Waals surface area contributed by atoms with Crippen LogP contribution in [0.1, 0.15) is 15.9 Å². The fourth-order valence-electron chi connectivity index (χ4n) is 3.12. The molecule has 0 aliphatic carbocycles. The molecule has 164 valence electrons. The maximum Gasteiger partial charge on any atom is 0.264 e. The number of hydrogen-bond donors (Lipinski definition) is 1. The summed E-state index contributed by atoms with van der Waals surface area (Å²) in [6.45, 7) is 1.32. The maximum absolute atomic E-state index is 13.0. The van der Waals surface area contributed by atoms with E-state index in [4.69, 9.17) is 9.47 Å². The minimum Gasteiger partial charge on any atom is -0.493 e. The van der Waals surface area contributed by atoms with Crippen molar-refractivity contribution in [1.29, 1.82) is 0 Å². The third-order valence-electron chi connectivity index (χ3n) is 4.87. The van der Waals surface area contributed by atoms with E-state index in [-0.39, 0.29) is 11.8 Å². The van der Waals surface area contributed by atoms with Gasteiger partial charge in [0.25, 0.3) is 11.8 Å². The van der Waals surface area contributed by atoms with Crippen molar-refractivity contribution in [2.75, 3.05) is 53.4 Å². The van der Waals surface area contributed by atoms with Gasteiger partial charge in [-0.25, -0.2) is 0 Å². The Balaban J connectivity index is 1.83. The first-order valence-corrected chi connectivity index (χ1v) is 10.6. The van der Waals surface area contributed by atoms with Gasteiger partial charge in [0.2, 0.25) is 0 Å². The summed E-state index contributed by atoms with van der Waals surface area (Å²) >= 11 is 1.39. The molecular formula is C23H27N3O4S. The lowest BCUT2D eigenvalue weighted by Crippen LogP contribution is -2.32. The van der Waals surface area contributed by atoms with Crippen molar-refractivity contribution in [3.8, 4) is 11.5 Å². The second-order valence-corrected chi connectivity index (χ2v) is 8.41. The van der Waals surface area contributed by atoms with Crippen molar-refractivity contribution in [2.45, 2.75) is 4.90 Å². The van der Waals surface area contributed by atoms with Gasteiger partial charge in [-0.15, -0.1) is 0 Å². The van der Waals surface area contributed by atoms with E-state index < -0.39 is 0 Å². The van der Waals surface area contributed by atoms with Gasteiger partial charge in [-0.1, -0.05) is 17.8 Å². The molecule has 0 saturated carbocycles. The van der Waals surface area contributed by atoms with Crippen molar-refractivity contribution in [1.82, 2.24) is 10.2 Å². The number of carbonyl (C=O) groups is 2. The van der Waals surface area contributed by atoms with E-state index in [0.717, 1.165) is 22.7 Å². The quantitative estimate of drug-likeness (QED) is 0.666. The Bertz CT molecular complexity index is 1020. The Kier molecular flexibility index (Phi) is 7.25. The minimum absolute atomic E-state index is 0.127. The fourth-order valence-corrected chi connectivity index (χ4v) is 4.22. The van der Waals surface area contributed by atoms with Gasteiger partial charge in [0, 0.05) is 30.6 Å². The second-order valence-electron chi connectivity index (χ2n) is 7.33. The van der Waals surface area contributed by atoms with Gasteiger partial charge in [0.1, 0.15) is 0 Å². The molecule has 0 saturated heterocycles. The van der Waals surface area contributed by atoms with Crippen LogP contribution in [0.25, 0.3) is 6.08 Å². The summed E-state index contributed by atoms with van der Waals surface area (Å²) in [5.74, 6) is 0.953. The molecule has 2 aromatic rings. The molecule has 0 unspecified atom stereocenters. The van der Waals surface area contributed by atoms with Crippen LogP contribution in [0.2, 0.25) is 0 Å². The summed E-state index contributed by atoms with van der Waals surface area (Å²) in [4.78, 5) is 30.5. The maximum atomic E-state index is 13.0. The van der Waals surface area contributed by atoms with Crippen LogP contribution in [0.5, 0.6) is 11.5 Å². The number of amides is 2. The molecule has 3 rings (SSSR count). The van der Waals surface area contributed by atoms with E-state index in [9.17, 15) is 9.59 Å². The van der Waals surface area contributed by atoms with Crippen molar-refractivity contribution < 1.29 is 19.1 Å². The third kappa shape index (κ3) is 5.21. The summed E-state index contributed by atoms with van der Waals surface area (Å²) < 4.78 is 10.6. The molecule has 0 radical (unpaired) electrons. The molecule has 8 heteroatoms. The Labute approximate surface area is 187 Å². The van der Waals surface area contributed by atoms with E-state index in [2.05, 4.69) is 5.32 Å². The third-order valence-corrected chi connectivity index (χ3v) is 5.95. The van der Waals surface area contributed by atoms with Gasteiger partial charge < -0.3 is 24.6 Å². The van der Waals surface area contributed by atoms with E-state index in [1.807, 2.05) is 49.3 Å². The van der Waals surface area contributed by atoms with Gasteiger partial charge in [-0.2, -0.15) is 0 Å². The molecule has 1 aliphatic rings. The Hall–Kier alpha value is -2.97. The molecule has 2 aromatic carbocycles. The largest absolute Gasteiger partial charge is 0.493 e. The number of thioether (sulfide) groups is 1. The van der Waals surface area contributed by atoms with E-state index in [1.165, 1.54) is 11.8 Å². The molecule has 1 N–H and O–H groups in total. The van der Waals surface area contributed by atoms with Crippen molar-refractivity contribution in [3.05, 3.63) is 52.4 Å². The SMILES string of the molecule is COc1ccc(/C=C2\Sc3ccc(C(=O)NCCN(C)C)cc3N(C)C2=O)cc1OC. The predicted octanol–water partition coefficient (Wildman–Crippen LogP) is 3.10. The molecule has 31 heavy (non-hydrogen) atoms. The van der Waals surface area contributed by atoms with Crippen LogP contribution < -0.4 is 19.7 Å². The highest BCUT2D eigenvalue weighted by Crippen LogP contribution is 2.42. The molecule has 0 atom stereocenters. The smallest absolute Gasteiger partial charge is 0.264 e. The zero-order valence-corrected chi connectivity index (χ0v) is 19.2. The van der Waals surface area contributed by atoms with Crippen LogP contribution in [0.3, 0.4) is 0 Å². The van der Waals surface area contributed by atoms with Crippen LogP contribution in [-0.4, -0.2) is 65.2 Å². The standard InChI is InChI=1S/C23H27N3O4S/c1-25(2)11-10-24-22(27)16-7-9-20-17(14-16)26(3)23(28)21(31-20)13-15-6-8-18(29-4)19(12-15)30-5/h6-9,12-14H,10-11H2,1-5H3,(H,24,27)/b21-13-. The lowest BCUT2D eigenvalue weighted by molar-refractivity contribution is -0.114. The summed E-state index contributed by atoms with van der Waals surface area (Å²) in [5.41, 5.74) is 2.09. The fraction of sp³-hybridized carbons (Fsp3) is 0.304. The molecule has 1 heterocycles. The van der Waals surface area contributed by atoms with E-state index in [0.29, 0.717) is 28.5 Å². The second kappa shape index (κ2) is 9.89. The van der Waals surface area contributed by atoms with Gasteiger partial charge in [0.15, 0.2) is 11.5 Å². The molecule has 0 fully saturated rings. The number of benzene rings is 2. The van der Waals surface area contributed by atoms with Gasteiger partial charge in [-0.05, 0) is 56.1 Å². The molecular weight excluding hydrogens is 414 g/mol. The van der Waals surface area contributed by atoms with Crippen molar-refractivity contribution in [3.63, 3.8) is 0 Å². The first-order valence-electron chi connectivity index (χ1n) is 9.80. The lowest BCUT2D eigenvalue weighted by Gasteiger charge is -2.27. The summed E-state index contributed by atoms with van der Waals surface area (Å²) in [7, 11) is 8.79. The first-order chi connectivity index (χ1) is 14.8. The number of carbonyl (C=O) groups excluding carboxylic acids is 2. The Morgan fingerprint density at radius 1 is 1.13 bits per heavy atom. The zero-order valence-electron chi connectivity index (χ0n) is 18.4. The number of rotatable bonds is 7. The van der Waals surface area contributed by atoms with Gasteiger partial charge in [-0.3, -0.25) is 9.59 Å². The molecule has 2 amide bonds. The number of nitrogens with zero attached hydrogens (tertiary/aromatic N) is 2. The number of likely N-dealkylation sites (N-methyl/N-ethyl adjacent to an activating group) is 2. The highest BCUT2D eigenvalue weighted by Gasteiger charge is 2.27. The average Bonchev–Trinajstić information content (AvgIpc) is 2.76. The Morgan fingerprint density at radius 2 is 1.87 bits per heavy atom. The number of hydrogen-bond acceptors (Lipinski definition) is 6. The highest BCUT2D eigenvalue weighted by molar-refractivity contribution is 8.04. The molecule has 0 spiro atoms. The summed E-state index contributed by atoms with van der Waals surface area (Å²) in [5, 5.41) is 2.90. The highest BCUT2D eigenvalue weighted by atomic mass is 32.2. The van der Waals surface area contributed by atoms with Crippen LogP contribution >= 0.6 is 11.8 Å². The lowest BCUT2D eigenvalue weighted by atomic mass is 10.1. The average molecular weight is 442 g/mol. The number of nitrogens with one attached hydrogen (secondary N) is 1. The normalized spacial score (nSPS) is 14.6. The van der Waals surface area contributed by atoms with Gasteiger partial charge in [0.05, 0.1) is 24.8 Å². The molecule has 0 bridgehead atoms. The van der Waals surface area contributed by atoms with E-state index >= 15 is 0 Å².